The molecule has 0 radical (unpaired) electrons. The number of tetrazole rings is 1. The van der Waals surface area contributed by atoms with Crippen molar-refractivity contribution in [3.05, 3.63) is 65.0 Å². The second-order valence-electron chi connectivity index (χ2n) is 5.08. The Morgan fingerprint density at radius 2 is 1.81 bits per heavy atom. The summed E-state index contributed by atoms with van der Waals surface area (Å²) in [6.45, 7) is 4.69. The van der Waals surface area contributed by atoms with Crippen molar-refractivity contribution in [1.82, 2.24) is 20.2 Å². The average molecular weight is 282 g/mol. The highest BCUT2D eigenvalue weighted by atomic mass is 19.1. The second-order valence-corrected chi connectivity index (χ2v) is 5.08. The molecule has 0 aliphatic rings. The fraction of sp³-hybridized carbons (Fsp3) is 0.188. The topological polar surface area (TPSA) is 43.6 Å². The lowest BCUT2D eigenvalue weighted by Gasteiger charge is -2.05. The van der Waals surface area contributed by atoms with Crippen LogP contribution in [0, 0.1) is 19.7 Å². The molecule has 3 aromatic rings. The van der Waals surface area contributed by atoms with E-state index in [-0.39, 0.29) is 5.82 Å². The number of aromatic nitrogens is 4. The van der Waals surface area contributed by atoms with E-state index in [0.29, 0.717) is 12.4 Å². The van der Waals surface area contributed by atoms with Gasteiger partial charge >= 0.3 is 0 Å². The summed E-state index contributed by atoms with van der Waals surface area (Å²) in [7, 11) is 0. The lowest BCUT2D eigenvalue weighted by Crippen LogP contribution is -2.05. The SMILES string of the molecule is Cc1ccc(C)c(Cn2nnc(-c3ccc(F)cc3)n2)c1. The van der Waals surface area contributed by atoms with Crippen molar-refractivity contribution in [3.63, 3.8) is 0 Å². The van der Waals surface area contributed by atoms with Crippen molar-refractivity contribution in [2.75, 3.05) is 0 Å². The van der Waals surface area contributed by atoms with Crippen LogP contribution in [0.15, 0.2) is 42.5 Å². The van der Waals surface area contributed by atoms with E-state index in [4.69, 9.17) is 0 Å². The molecule has 3 rings (SSSR count). The minimum absolute atomic E-state index is 0.276. The maximum atomic E-state index is 12.9. The maximum absolute atomic E-state index is 12.9. The van der Waals surface area contributed by atoms with E-state index >= 15 is 0 Å². The third-order valence-corrected chi connectivity index (χ3v) is 3.37. The Morgan fingerprint density at radius 1 is 1.05 bits per heavy atom. The largest absolute Gasteiger partial charge is 0.207 e. The van der Waals surface area contributed by atoms with E-state index in [1.165, 1.54) is 23.3 Å². The number of nitrogens with zero attached hydrogens (tertiary/aromatic N) is 4. The quantitative estimate of drug-likeness (QED) is 0.741. The zero-order valence-corrected chi connectivity index (χ0v) is 11.9. The average Bonchev–Trinajstić information content (AvgIpc) is 2.92. The zero-order chi connectivity index (χ0) is 14.8. The highest BCUT2D eigenvalue weighted by Crippen LogP contribution is 2.15. The predicted octanol–water partition coefficient (Wildman–Crippen LogP) is 3.14. The van der Waals surface area contributed by atoms with Gasteiger partial charge in [0, 0.05) is 5.56 Å². The van der Waals surface area contributed by atoms with Gasteiger partial charge in [0.25, 0.3) is 0 Å². The molecular formula is C16H15FN4. The Balaban J connectivity index is 1.85. The fourth-order valence-electron chi connectivity index (χ4n) is 2.15. The molecule has 0 fully saturated rings. The minimum Gasteiger partial charge on any atom is -0.207 e. The van der Waals surface area contributed by atoms with Gasteiger partial charge in [-0.1, -0.05) is 23.8 Å². The lowest BCUT2D eigenvalue weighted by atomic mass is 10.1. The molecule has 4 nitrogen and oxygen atoms in total. The van der Waals surface area contributed by atoms with Crippen LogP contribution in [-0.2, 0) is 6.54 Å². The molecule has 0 atom stereocenters. The first kappa shape index (κ1) is 13.4. The molecule has 106 valence electrons. The Morgan fingerprint density at radius 3 is 2.57 bits per heavy atom. The molecule has 0 spiro atoms. The zero-order valence-electron chi connectivity index (χ0n) is 11.9. The molecule has 1 aromatic heterocycles. The van der Waals surface area contributed by atoms with Crippen LogP contribution in [0.3, 0.4) is 0 Å². The third-order valence-electron chi connectivity index (χ3n) is 3.37. The number of rotatable bonds is 3. The van der Waals surface area contributed by atoms with E-state index in [0.717, 1.165) is 11.1 Å². The highest BCUT2D eigenvalue weighted by molar-refractivity contribution is 5.53. The molecule has 21 heavy (non-hydrogen) atoms. The van der Waals surface area contributed by atoms with E-state index < -0.39 is 0 Å². The molecule has 0 bridgehead atoms. The van der Waals surface area contributed by atoms with Gasteiger partial charge in [-0.15, -0.1) is 10.2 Å². The van der Waals surface area contributed by atoms with Crippen molar-refractivity contribution in [1.29, 1.82) is 0 Å². The van der Waals surface area contributed by atoms with Gasteiger partial charge in [-0.3, -0.25) is 0 Å². The first-order valence-electron chi connectivity index (χ1n) is 6.72. The monoisotopic (exact) mass is 282 g/mol. The van der Waals surface area contributed by atoms with Gasteiger partial charge in [-0.05, 0) is 54.5 Å². The Labute approximate surface area is 122 Å². The maximum Gasteiger partial charge on any atom is 0.204 e. The molecule has 0 aliphatic carbocycles. The molecule has 1 heterocycles. The van der Waals surface area contributed by atoms with E-state index in [2.05, 4.69) is 47.5 Å². The second kappa shape index (κ2) is 5.44. The van der Waals surface area contributed by atoms with Crippen LogP contribution in [0.1, 0.15) is 16.7 Å². The molecule has 0 amide bonds. The van der Waals surface area contributed by atoms with Crippen molar-refractivity contribution in [2.45, 2.75) is 20.4 Å². The lowest BCUT2D eigenvalue weighted by molar-refractivity contribution is 0.571. The summed E-state index contributed by atoms with van der Waals surface area (Å²) in [4.78, 5) is 1.56. The number of hydrogen-bond acceptors (Lipinski definition) is 3. The van der Waals surface area contributed by atoms with Crippen LogP contribution in [0.25, 0.3) is 11.4 Å². The fourth-order valence-corrected chi connectivity index (χ4v) is 2.15. The normalized spacial score (nSPS) is 10.8. The summed E-state index contributed by atoms with van der Waals surface area (Å²) >= 11 is 0. The number of halogens is 1. The molecule has 2 aromatic carbocycles. The van der Waals surface area contributed by atoms with Crippen LogP contribution < -0.4 is 0 Å². The predicted molar refractivity (Wildman–Crippen MR) is 78.2 cm³/mol. The number of hydrogen-bond donors (Lipinski definition) is 0. The third kappa shape index (κ3) is 2.97. The van der Waals surface area contributed by atoms with Crippen molar-refractivity contribution in [3.8, 4) is 11.4 Å². The Hall–Kier alpha value is -2.56. The van der Waals surface area contributed by atoms with Crippen LogP contribution in [-0.4, -0.2) is 20.2 Å². The standard InChI is InChI=1S/C16H15FN4/c1-11-3-4-12(2)14(9-11)10-21-19-16(18-20-21)13-5-7-15(17)8-6-13/h3-9H,10H2,1-2H3. The summed E-state index contributed by atoms with van der Waals surface area (Å²) in [6.07, 6.45) is 0. The van der Waals surface area contributed by atoms with E-state index in [9.17, 15) is 4.39 Å². The van der Waals surface area contributed by atoms with Crippen LogP contribution in [0.2, 0.25) is 0 Å². The first-order chi connectivity index (χ1) is 10.1. The van der Waals surface area contributed by atoms with Gasteiger partial charge in [0.1, 0.15) is 5.82 Å². The molecule has 0 saturated carbocycles. The van der Waals surface area contributed by atoms with Crippen molar-refractivity contribution < 1.29 is 4.39 Å². The summed E-state index contributed by atoms with van der Waals surface area (Å²) in [5.41, 5.74) is 4.32. The molecule has 0 saturated heterocycles. The summed E-state index contributed by atoms with van der Waals surface area (Å²) in [6, 6.07) is 12.4. The highest BCUT2D eigenvalue weighted by Gasteiger charge is 2.07. The van der Waals surface area contributed by atoms with Gasteiger partial charge < -0.3 is 0 Å². The van der Waals surface area contributed by atoms with Crippen LogP contribution in [0.4, 0.5) is 4.39 Å². The van der Waals surface area contributed by atoms with E-state index in [1.54, 1.807) is 16.9 Å². The summed E-state index contributed by atoms with van der Waals surface area (Å²) < 4.78 is 12.9. The minimum atomic E-state index is -0.276. The van der Waals surface area contributed by atoms with E-state index in [1.807, 2.05) is 0 Å². The first-order valence-corrected chi connectivity index (χ1v) is 6.72. The van der Waals surface area contributed by atoms with Crippen LogP contribution >= 0.6 is 0 Å². The molecule has 0 aliphatic heterocycles. The van der Waals surface area contributed by atoms with Gasteiger partial charge in [0.2, 0.25) is 5.82 Å². The van der Waals surface area contributed by atoms with Gasteiger partial charge in [-0.2, -0.15) is 4.80 Å². The van der Waals surface area contributed by atoms with Crippen molar-refractivity contribution in [2.24, 2.45) is 0 Å². The number of benzene rings is 2. The Bertz CT molecular complexity index is 762. The van der Waals surface area contributed by atoms with Crippen molar-refractivity contribution >= 4 is 0 Å². The molecule has 0 N–H and O–H groups in total. The van der Waals surface area contributed by atoms with Crippen LogP contribution in [0.5, 0.6) is 0 Å². The molecule has 5 heteroatoms. The molecular weight excluding hydrogens is 267 g/mol. The molecule has 0 unspecified atom stereocenters. The van der Waals surface area contributed by atoms with Gasteiger partial charge in [0.15, 0.2) is 0 Å². The van der Waals surface area contributed by atoms with Gasteiger partial charge in [0.05, 0.1) is 6.54 Å². The number of aryl methyl sites for hydroxylation is 2. The summed E-state index contributed by atoms with van der Waals surface area (Å²) in [5.74, 6) is 0.224. The Kier molecular flexibility index (Phi) is 3.48. The van der Waals surface area contributed by atoms with Gasteiger partial charge in [-0.25, -0.2) is 4.39 Å². The summed E-state index contributed by atoms with van der Waals surface area (Å²) in [5, 5.41) is 12.4. The smallest absolute Gasteiger partial charge is 0.204 e.